The molecule has 0 fully saturated rings. The fraction of sp³-hybridized carbons (Fsp3) is 0. The Morgan fingerprint density at radius 2 is 2.00 bits per heavy atom. The lowest BCUT2D eigenvalue weighted by Crippen LogP contribution is -1.92. The van der Waals surface area contributed by atoms with Crippen molar-refractivity contribution >= 4 is 46.6 Å². The molecule has 2 rings (SSSR count). The predicted molar refractivity (Wildman–Crippen MR) is 62.5 cm³/mol. The Bertz CT molecular complexity index is 627. The number of aromatic nitrogens is 1. The minimum Gasteiger partial charge on any atom is -0.255 e. The molecule has 1 aromatic carbocycles. The third-order valence-corrected chi connectivity index (χ3v) is 3.71. The summed E-state index contributed by atoms with van der Waals surface area (Å²) in [5, 5.41) is 0.728. The van der Waals surface area contributed by atoms with Gasteiger partial charge in [-0.2, -0.15) is 0 Å². The molecule has 0 N–H and O–H groups in total. The Labute approximate surface area is 99.6 Å². The molecule has 0 amide bonds. The van der Waals surface area contributed by atoms with Crippen molar-refractivity contribution in [1.29, 1.82) is 0 Å². The number of halogens is 2. The molecule has 0 unspecified atom stereocenters. The second kappa shape index (κ2) is 3.73. The van der Waals surface area contributed by atoms with E-state index >= 15 is 0 Å². The zero-order valence-corrected chi connectivity index (χ0v) is 10.5. The topological polar surface area (TPSA) is 47.0 Å². The first kappa shape index (κ1) is 10.9. The summed E-state index contributed by atoms with van der Waals surface area (Å²) >= 11 is 3.30. The van der Waals surface area contributed by atoms with Crippen LogP contribution in [0, 0.1) is 0 Å². The first-order chi connectivity index (χ1) is 6.97. The lowest BCUT2D eigenvalue weighted by atomic mass is 10.2. The van der Waals surface area contributed by atoms with Crippen LogP contribution in [-0.2, 0) is 9.05 Å². The van der Waals surface area contributed by atoms with E-state index in [4.69, 9.17) is 10.7 Å². The van der Waals surface area contributed by atoms with Crippen LogP contribution >= 0.6 is 26.6 Å². The van der Waals surface area contributed by atoms with Gasteiger partial charge in [0, 0.05) is 26.7 Å². The fourth-order valence-corrected chi connectivity index (χ4v) is 2.29. The summed E-state index contributed by atoms with van der Waals surface area (Å²) < 4.78 is 23.0. The van der Waals surface area contributed by atoms with Gasteiger partial charge >= 0.3 is 0 Å². The van der Waals surface area contributed by atoms with Crippen molar-refractivity contribution in [3.8, 4) is 0 Å². The van der Waals surface area contributed by atoms with Crippen LogP contribution in [0.1, 0.15) is 0 Å². The maximum atomic E-state index is 11.1. The van der Waals surface area contributed by atoms with Gasteiger partial charge in [-0.15, -0.1) is 0 Å². The van der Waals surface area contributed by atoms with Gasteiger partial charge in [0.1, 0.15) is 4.90 Å². The lowest BCUT2D eigenvalue weighted by molar-refractivity contribution is 0.609. The third-order valence-electron chi connectivity index (χ3n) is 1.90. The van der Waals surface area contributed by atoms with Crippen LogP contribution in [0.3, 0.4) is 0 Å². The van der Waals surface area contributed by atoms with Crippen LogP contribution in [0.15, 0.2) is 39.8 Å². The summed E-state index contributed by atoms with van der Waals surface area (Å²) in [4.78, 5) is 4.01. The maximum absolute atomic E-state index is 11.1. The largest absolute Gasteiger partial charge is 0.262 e. The van der Waals surface area contributed by atoms with Gasteiger partial charge in [0.2, 0.25) is 0 Å². The van der Waals surface area contributed by atoms with Gasteiger partial charge < -0.3 is 0 Å². The molecule has 0 saturated carbocycles. The summed E-state index contributed by atoms with van der Waals surface area (Å²) in [6, 6.07) is 6.91. The van der Waals surface area contributed by atoms with Crippen molar-refractivity contribution in [2.45, 2.75) is 4.90 Å². The average molecular weight is 307 g/mol. The predicted octanol–water partition coefficient (Wildman–Crippen LogP) is 2.92. The number of nitrogens with zero attached hydrogens (tertiary/aromatic N) is 1. The van der Waals surface area contributed by atoms with Gasteiger partial charge in [-0.05, 0) is 24.3 Å². The first-order valence-corrected chi connectivity index (χ1v) is 7.07. The minimum absolute atomic E-state index is 0.00904. The van der Waals surface area contributed by atoms with E-state index in [1.165, 1.54) is 12.3 Å². The number of hydrogen-bond acceptors (Lipinski definition) is 3. The molecule has 1 heterocycles. The van der Waals surface area contributed by atoms with E-state index < -0.39 is 9.05 Å². The van der Waals surface area contributed by atoms with Crippen molar-refractivity contribution in [2.75, 3.05) is 0 Å². The second-order valence-electron chi connectivity index (χ2n) is 2.95. The maximum Gasteiger partial charge on any atom is 0.262 e. The molecule has 0 aliphatic heterocycles. The molecule has 0 aliphatic rings. The standard InChI is InChI=1S/C9H5BrClNO2S/c10-7-1-2-9-6(3-7)4-8(5-12-9)15(11,13)14/h1-5H. The zero-order valence-electron chi connectivity index (χ0n) is 7.31. The van der Waals surface area contributed by atoms with Crippen LogP contribution in [0.4, 0.5) is 0 Å². The average Bonchev–Trinajstić information content (AvgIpc) is 2.15. The van der Waals surface area contributed by atoms with Gasteiger partial charge in [-0.3, -0.25) is 4.98 Å². The Morgan fingerprint density at radius 1 is 1.27 bits per heavy atom. The number of benzene rings is 1. The zero-order chi connectivity index (χ0) is 11.1. The minimum atomic E-state index is -3.71. The van der Waals surface area contributed by atoms with E-state index in [0.717, 1.165) is 15.4 Å². The molecule has 2 aromatic rings. The van der Waals surface area contributed by atoms with Crippen molar-refractivity contribution in [3.63, 3.8) is 0 Å². The van der Waals surface area contributed by atoms with Crippen LogP contribution in [0.5, 0.6) is 0 Å². The van der Waals surface area contributed by atoms with E-state index in [2.05, 4.69) is 20.9 Å². The van der Waals surface area contributed by atoms with Gasteiger partial charge in [0.25, 0.3) is 9.05 Å². The van der Waals surface area contributed by atoms with Crippen LogP contribution in [0.2, 0.25) is 0 Å². The van der Waals surface area contributed by atoms with E-state index in [9.17, 15) is 8.42 Å². The molecule has 3 nitrogen and oxygen atoms in total. The van der Waals surface area contributed by atoms with Gasteiger partial charge in [-0.1, -0.05) is 15.9 Å². The van der Waals surface area contributed by atoms with Gasteiger partial charge in [0.05, 0.1) is 5.52 Å². The van der Waals surface area contributed by atoms with E-state index in [1.54, 1.807) is 12.1 Å². The molecule has 0 radical (unpaired) electrons. The van der Waals surface area contributed by atoms with Crippen molar-refractivity contribution in [3.05, 3.63) is 34.9 Å². The summed E-state index contributed by atoms with van der Waals surface area (Å²) in [5.74, 6) is 0. The highest BCUT2D eigenvalue weighted by Gasteiger charge is 2.10. The van der Waals surface area contributed by atoms with Gasteiger partial charge in [-0.25, -0.2) is 8.42 Å². The van der Waals surface area contributed by atoms with Crippen LogP contribution in [0.25, 0.3) is 10.9 Å². The smallest absolute Gasteiger partial charge is 0.255 e. The first-order valence-electron chi connectivity index (χ1n) is 3.97. The number of rotatable bonds is 1. The summed E-state index contributed by atoms with van der Waals surface area (Å²) in [6.45, 7) is 0. The quantitative estimate of drug-likeness (QED) is 0.761. The summed E-state index contributed by atoms with van der Waals surface area (Å²) in [6.07, 6.45) is 1.25. The summed E-state index contributed by atoms with van der Waals surface area (Å²) in [7, 11) is 1.51. The highest BCUT2D eigenvalue weighted by molar-refractivity contribution is 9.10. The second-order valence-corrected chi connectivity index (χ2v) is 6.43. The fourth-order valence-electron chi connectivity index (χ4n) is 1.22. The molecular weight excluding hydrogens is 302 g/mol. The normalized spacial score (nSPS) is 11.9. The van der Waals surface area contributed by atoms with Gasteiger partial charge in [0.15, 0.2) is 0 Å². The molecule has 0 saturated heterocycles. The molecule has 1 aromatic heterocycles. The van der Waals surface area contributed by atoms with E-state index in [0.29, 0.717) is 0 Å². The van der Waals surface area contributed by atoms with Crippen LogP contribution in [-0.4, -0.2) is 13.4 Å². The molecule has 78 valence electrons. The number of pyridine rings is 1. The highest BCUT2D eigenvalue weighted by Crippen LogP contribution is 2.22. The number of hydrogen-bond donors (Lipinski definition) is 0. The molecule has 0 bridgehead atoms. The molecule has 6 heteroatoms. The molecule has 0 spiro atoms. The Hall–Kier alpha value is -0.650. The van der Waals surface area contributed by atoms with Crippen molar-refractivity contribution < 1.29 is 8.42 Å². The molecular formula is C9H5BrClNO2S. The molecule has 0 atom stereocenters. The SMILES string of the molecule is O=S(=O)(Cl)c1cnc2ccc(Br)cc2c1. The monoisotopic (exact) mass is 305 g/mol. The Morgan fingerprint density at radius 3 is 2.67 bits per heavy atom. The highest BCUT2D eigenvalue weighted by atomic mass is 79.9. The lowest BCUT2D eigenvalue weighted by Gasteiger charge is -2.00. The summed E-state index contributed by atoms with van der Waals surface area (Å²) in [5.41, 5.74) is 0.724. The Kier molecular flexibility index (Phi) is 2.70. The third kappa shape index (κ3) is 2.30. The van der Waals surface area contributed by atoms with Crippen molar-refractivity contribution in [2.24, 2.45) is 0 Å². The number of fused-ring (bicyclic) bond motifs is 1. The van der Waals surface area contributed by atoms with E-state index in [-0.39, 0.29) is 4.90 Å². The van der Waals surface area contributed by atoms with Crippen molar-refractivity contribution in [1.82, 2.24) is 4.98 Å². The van der Waals surface area contributed by atoms with E-state index in [1.807, 2.05) is 6.07 Å². The van der Waals surface area contributed by atoms with Crippen LogP contribution < -0.4 is 0 Å². The Balaban J connectivity index is 2.75. The molecule has 15 heavy (non-hydrogen) atoms. The molecule has 0 aliphatic carbocycles.